The fourth-order valence-electron chi connectivity index (χ4n) is 2.48. The molecule has 4 heteroatoms. The van der Waals surface area contributed by atoms with E-state index in [9.17, 15) is 8.78 Å². The Hall–Kier alpha value is -1.32. The molecule has 1 unspecified atom stereocenters. The van der Waals surface area contributed by atoms with E-state index in [1.807, 2.05) is 0 Å². The number of nitrogen functional groups attached to an aromatic ring is 1. The molecule has 17 heavy (non-hydrogen) atoms. The minimum atomic E-state index is -0.704. The Morgan fingerprint density at radius 2 is 2.06 bits per heavy atom. The average molecular weight is 240 g/mol. The molecule has 1 atom stereocenters. The normalized spacial score (nSPS) is 22.7. The Balaban J connectivity index is 2.14. The minimum absolute atomic E-state index is 0.00361. The van der Waals surface area contributed by atoms with Crippen LogP contribution in [0.5, 0.6) is 0 Å². The molecule has 94 valence electrons. The quantitative estimate of drug-likeness (QED) is 0.776. The summed E-state index contributed by atoms with van der Waals surface area (Å²) in [5, 5.41) is 3.14. The van der Waals surface area contributed by atoms with Gasteiger partial charge >= 0.3 is 0 Å². The van der Waals surface area contributed by atoms with E-state index in [4.69, 9.17) is 5.73 Å². The highest BCUT2D eigenvalue weighted by atomic mass is 19.1. The van der Waals surface area contributed by atoms with E-state index in [0.717, 1.165) is 25.3 Å². The summed E-state index contributed by atoms with van der Waals surface area (Å²) in [7, 11) is 0. The Bertz CT molecular complexity index is 430. The summed E-state index contributed by atoms with van der Waals surface area (Å²) in [5.41, 5.74) is 6.25. The van der Waals surface area contributed by atoms with Gasteiger partial charge in [-0.15, -0.1) is 0 Å². The van der Waals surface area contributed by atoms with Crippen molar-refractivity contribution in [2.24, 2.45) is 5.41 Å². The molecule has 1 saturated carbocycles. The van der Waals surface area contributed by atoms with E-state index in [1.54, 1.807) is 0 Å². The molecule has 1 fully saturated rings. The Labute approximate surface area is 100 Å². The van der Waals surface area contributed by atoms with Gasteiger partial charge in [0.2, 0.25) is 0 Å². The molecule has 1 aliphatic carbocycles. The number of nitrogens with two attached hydrogens (primary N) is 1. The minimum Gasteiger partial charge on any atom is -0.395 e. The van der Waals surface area contributed by atoms with Crippen molar-refractivity contribution in [2.75, 3.05) is 11.1 Å². The topological polar surface area (TPSA) is 38.0 Å². The molecule has 0 aromatic heterocycles. The van der Waals surface area contributed by atoms with Crippen molar-refractivity contribution < 1.29 is 8.78 Å². The Morgan fingerprint density at radius 1 is 1.35 bits per heavy atom. The van der Waals surface area contributed by atoms with Gasteiger partial charge in [0.25, 0.3) is 0 Å². The summed E-state index contributed by atoms with van der Waals surface area (Å²) >= 11 is 0. The maximum Gasteiger partial charge on any atom is 0.151 e. The lowest BCUT2D eigenvalue weighted by Crippen LogP contribution is -2.18. The van der Waals surface area contributed by atoms with Gasteiger partial charge in [-0.25, -0.2) is 8.78 Å². The van der Waals surface area contributed by atoms with Gasteiger partial charge < -0.3 is 11.1 Å². The fraction of sp³-hybridized carbons (Fsp3) is 0.538. The van der Waals surface area contributed by atoms with E-state index in [-0.39, 0.29) is 17.1 Å². The van der Waals surface area contributed by atoms with Crippen molar-refractivity contribution in [3.05, 3.63) is 23.8 Å². The lowest BCUT2D eigenvalue weighted by atomic mass is 9.92. The molecule has 2 nitrogen and oxygen atoms in total. The van der Waals surface area contributed by atoms with Crippen LogP contribution in [0.25, 0.3) is 0 Å². The van der Waals surface area contributed by atoms with Crippen LogP contribution >= 0.6 is 0 Å². The zero-order valence-corrected chi connectivity index (χ0v) is 10.2. The predicted molar refractivity (Wildman–Crippen MR) is 65.8 cm³/mol. The summed E-state index contributed by atoms with van der Waals surface area (Å²) in [6.45, 7) is 4.40. The molecule has 3 N–H and O–H groups in total. The number of hydrogen-bond acceptors (Lipinski definition) is 2. The third kappa shape index (κ3) is 2.68. The van der Waals surface area contributed by atoms with E-state index in [0.29, 0.717) is 5.69 Å². The smallest absolute Gasteiger partial charge is 0.151 e. The molecule has 0 heterocycles. The summed E-state index contributed by atoms with van der Waals surface area (Å²) < 4.78 is 26.4. The van der Waals surface area contributed by atoms with Gasteiger partial charge in [0.15, 0.2) is 5.82 Å². The van der Waals surface area contributed by atoms with E-state index in [2.05, 4.69) is 19.2 Å². The maximum absolute atomic E-state index is 13.3. The summed E-state index contributed by atoms with van der Waals surface area (Å²) in [6.07, 6.45) is 3.11. The van der Waals surface area contributed by atoms with Gasteiger partial charge in [0.1, 0.15) is 5.82 Å². The van der Waals surface area contributed by atoms with Crippen LogP contribution in [0.2, 0.25) is 0 Å². The first-order valence-electron chi connectivity index (χ1n) is 5.88. The van der Waals surface area contributed by atoms with Gasteiger partial charge in [-0.05, 0) is 30.7 Å². The molecule has 0 aliphatic heterocycles. The van der Waals surface area contributed by atoms with Crippen molar-refractivity contribution in [1.29, 1.82) is 0 Å². The van der Waals surface area contributed by atoms with E-state index in [1.165, 1.54) is 6.07 Å². The van der Waals surface area contributed by atoms with E-state index >= 15 is 0 Å². The van der Waals surface area contributed by atoms with Crippen molar-refractivity contribution >= 4 is 11.4 Å². The number of halogens is 2. The standard InChI is InChI=1S/C13H18F2N2/c1-13(2)4-3-9(7-13)17-11-6-8(14)5-10(15)12(11)16/h5-6,9,17H,3-4,7,16H2,1-2H3. The molecule has 0 spiro atoms. The molecule has 0 saturated heterocycles. The van der Waals surface area contributed by atoms with Crippen molar-refractivity contribution in [2.45, 2.75) is 39.2 Å². The highest BCUT2D eigenvalue weighted by Gasteiger charge is 2.31. The SMILES string of the molecule is CC1(C)CCC(Nc2cc(F)cc(F)c2N)C1. The van der Waals surface area contributed by atoms with Gasteiger partial charge in [-0.2, -0.15) is 0 Å². The molecule has 2 rings (SSSR count). The van der Waals surface area contributed by atoms with Crippen LogP contribution < -0.4 is 11.1 Å². The van der Waals surface area contributed by atoms with Crippen LogP contribution in [0.3, 0.4) is 0 Å². The van der Waals surface area contributed by atoms with Crippen molar-refractivity contribution in [3.63, 3.8) is 0 Å². The Kier molecular flexibility index (Phi) is 2.98. The lowest BCUT2D eigenvalue weighted by Gasteiger charge is -2.19. The molecule has 1 aliphatic rings. The molecule has 0 radical (unpaired) electrons. The third-order valence-corrected chi connectivity index (χ3v) is 3.42. The van der Waals surface area contributed by atoms with Gasteiger partial charge in [0.05, 0.1) is 11.4 Å². The summed E-state index contributed by atoms with van der Waals surface area (Å²) in [4.78, 5) is 0. The molecule has 1 aromatic carbocycles. The zero-order valence-electron chi connectivity index (χ0n) is 10.2. The van der Waals surface area contributed by atoms with Crippen LogP contribution in [-0.4, -0.2) is 6.04 Å². The Morgan fingerprint density at radius 3 is 2.65 bits per heavy atom. The van der Waals surface area contributed by atoms with Crippen LogP contribution in [0, 0.1) is 17.0 Å². The summed E-state index contributed by atoms with van der Waals surface area (Å²) in [6, 6.07) is 2.30. The second-order valence-corrected chi connectivity index (χ2v) is 5.60. The fourth-order valence-corrected chi connectivity index (χ4v) is 2.48. The number of benzene rings is 1. The number of rotatable bonds is 2. The molecular weight excluding hydrogens is 222 g/mol. The first-order valence-corrected chi connectivity index (χ1v) is 5.88. The lowest BCUT2D eigenvalue weighted by molar-refractivity contribution is 0.378. The maximum atomic E-state index is 13.3. The van der Waals surface area contributed by atoms with Gasteiger partial charge in [-0.3, -0.25) is 0 Å². The molecular formula is C13H18F2N2. The molecule has 0 bridgehead atoms. The third-order valence-electron chi connectivity index (χ3n) is 3.42. The molecule has 0 amide bonds. The van der Waals surface area contributed by atoms with Crippen LogP contribution in [-0.2, 0) is 0 Å². The van der Waals surface area contributed by atoms with Crippen molar-refractivity contribution in [1.82, 2.24) is 0 Å². The van der Waals surface area contributed by atoms with E-state index < -0.39 is 11.6 Å². The second kappa shape index (κ2) is 4.17. The van der Waals surface area contributed by atoms with Gasteiger partial charge in [-0.1, -0.05) is 13.8 Å². The zero-order chi connectivity index (χ0) is 12.6. The van der Waals surface area contributed by atoms with Gasteiger partial charge in [0, 0.05) is 12.1 Å². The van der Waals surface area contributed by atoms with Crippen LogP contribution in [0.4, 0.5) is 20.2 Å². The molecule has 1 aromatic rings. The second-order valence-electron chi connectivity index (χ2n) is 5.60. The van der Waals surface area contributed by atoms with Crippen molar-refractivity contribution in [3.8, 4) is 0 Å². The highest BCUT2D eigenvalue weighted by molar-refractivity contribution is 5.67. The largest absolute Gasteiger partial charge is 0.395 e. The highest BCUT2D eigenvalue weighted by Crippen LogP contribution is 2.39. The average Bonchev–Trinajstić information content (AvgIpc) is 2.54. The first kappa shape index (κ1) is 12.1. The number of anilines is 2. The number of hydrogen-bond donors (Lipinski definition) is 2. The van der Waals surface area contributed by atoms with Crippen LogP contribution in [0.15, 0.2) is 12.1 Å². The first-order chi connectivity index (χ1) is 7.87. The monoisotopic (exact) mass is 240 g/mol. The summed E-state index contributed by atoms with van der Waals surface area (Å²) in [5.74, 6) is -1.30. The van der Waals surface area contributed by atoms with Crippen LogP contribution in [0.1, 0.15) is 33.1 Å². The predicted octanol–water partition coefficient (Wildman–Crippen LogP) is 3.54. The number of nitrogens with one attached hydrogen (secondary N) is 1.